The predicted octanol–water partition coefficient (Wildman–Crippen LogP) is 2.37. The molecule has 1 N–H and O–H groups in total. The van der Waals surface area contributed by atoms with E-state index in [-0.39, 0.29) is 11.9 Å². The third-order valence-corrected chi connectivity index (χ3v) is 4.73. The lowest BCUT2D eigenvalue weighted by Gasteiger charge is -2.33. The van der Waals surface area contributed by atoms with Gasteiger partial charge in [-0.25, -0.2) is 9.97 Å². The first-order chi connectivity index (χ1) is 12.2. The number of aromatic nitrogens is 3. The number of aryl methyl sites for hydroxylation is 1. The number of carbonyl (C=O) groups excluding carboxylic acids is 1. The van der Waals surface area contributed by atoms with Gasteiger partial charge in [-0.15, -0.1) is 0 Å². The van der Waals surface area contributed by atoms with Crippen LogP contribution in [0.15, 0.2) is 48.9 Å². The minimum absolute atomic E-state index is 0.0161. The van der Waals surface area contributed by atoms with Crippen LogP contribution in [0.1, 0.15) is 23.2 Å². The lowest BCUT2D eigenvalue weighted by molar-refractivity contribution is 0.0934. The van der Waals surface area contributed by atoms with Crippen molar-refractivity contribution in [3.8, 4) is 0 Å². The maximum atomic E-state index is 12.8. The number of hydrogen-bond acceptors (Lipinski definition) is 4. The highest BCUT2D eigenvalue weighted by Gasteiger charge is 2.24. The molecule has 3 heterocycles. The molecule has 3 aromatic rings. The van der Waals surface area contributed by atoms with Gasteiger partial charge in [0.15, 0.2) is 0 Å². The summed E-state index contributed by atoms with van der Waals surface area (Å²) in [7, 11) is 1.97. The van der Waals surface area contributed by atoms with Crippen LogP contribution in [0.3, 0.4) is 0 Å². The van der Waals surface area contributed by atoms with Gasteiger partial charge >= 0.3 is 0 Å². The highest BCUT2D eigenvalue weighted by atomic mass is 16.1. The second-order valence-corrected chi connectivity index (χ2v) is 6.48. The Morgan fingerprint density at radius 2 is 2.00 bits per heavy atom. The Kier molecular flexibility index (Phi) is 4.09. The fourth-order valence-corrected chi connectivity index (χ4v) is 3.52. The van der Waals surface area contributed by atoms with E-state index in [0.717, 1.165) is 48.3 Å². The lowest BCUT2D eigenvalue weighted by Crippen LogP contribution is -2.48. The molecule has 1 atom stereocenters. The Morgan fingerprint density at radius 1 is 1.20 bits per heavy atom. The van der Waals surface area contributed by atoms with Crippen molar-refractivity contribution in [3.05, 3.63) is 54.5 Å². The summed E-state index contributed by atoms with van der Waals surface area (Å²) in [6, 6.07) is 9.89. The quantitative estimate of drug-likeness (QED) is 0.798. The minimum Gasteiger partial charge on any atom is -0.350 e. The molecule has 25 heavy (non-hydrogen) atoms. The summed E-state index contributed by atoms with van der Waals surface area (Å²) in [5, 5.41) is 4.18. The average molecular weight is 335 g/mol. The first-order valence-corrected chi connectivity index (χ1v) is 8.59. The third kappa shape index (κ3) is 3.07. The van der Waals surface area contributed by atoms with Crippen molar-refractivity contribution < 1.29 is 4.79 Å². The normalized spacial score (nSPS) is 17.6. The van der Waals surface area contributed by atoms with Crippen molar-refractivity contribution in [1.82, 2.24) is 19.9 Å². The maximum absolute atomic E-state index is 12.8. The number of nitrogens with one attached hydrogen (secondary N) is 1. The third-order valence-electron chi connectivity index (χ3n) is 4.73. The number of fused-ring (bicyclic) bond motifs is 1. The van der Waals surface area contributed by atoms with E-state index in [2.05, 4.69) is 20.2 Å². The number of nitrogens with zero attached hydrogens (tertiary/aromatic N) is 4. The van der Waals surface area contributed by atoms with E-state index in [0.29, 0.717) is 0 Å². The number of para-hydroxylation sites is 1. The standard InChI is InChI=1S/C19H21N5O/c1-23-13-16(15-7-2-3-8-17(15)23)18(25)22-14-6-4-11-24(12-14)19-20-9-5-10-21-19/h2-3,5,7-10,13-14H,4,6,11-12H2,1H3,(H,22,25). The summed E-state index contributed by atoms with van der Waals surface area (Å²) in [6.07, 6.45) is 7.39. The first kappa shape index (κ1) is 15.6. The van der Waals surface area contributed by atoms with Crippen LogP contribution >= 0.6 is 0 Å². The van der Waals surface area contributed by atoms with E-state index in [9.17, 15) is 4.79 Å². The van der Waals surface area contributed by atoms with E-state index in [1.807, 2.05) is 48.1 Å². The predicted molar refractivity (Wildman–Crippen MR) is 97.7 cm³/mol. The van der Waals surface area contributed by atoms with Crippen LogP contribution in [0.4, 0.5) is 5.95 Å². The summed E-state index contributed by atoms with van der Waals surface area (Å²) in [5.41, 5.74) is 1.79. The monoisotopic (exact) mass is 335 g/mol. The zero-order valence-electron chi connectivity index (χ0n) is 14.2. The molecule has 1 saturated heterocycles. The zero-order valence-corrected chi connectivity index (χ0v) is 14.2. The second-order valence-electron chi connectivity index (χ2n) is 6.48. The summed E-state index contributed by atoms with van der Waals surface area (Å²) in [6.45, 7) is 1.66. The fraction of sp³-hybridized carbons (Fsp3) is 0.316. The van der Waals surface area contributed by atoms with Crippen LogP contribution in [0.5, 0.6) is 0 Å². The first-order valence-electron chi connectivity index (χ1n) is 8.59. The van der Waals surface area contributed by atoms with Gasteiger partial charge in [0.05, 0.1) is 5.56 Å². The van der Waals surface area contributed by atoms with Gasteiger partial charge in [0.1, 0.15) is 0 Å². The van der Waals surface area contributed by atoms with Gasteiger partial charge in [0.25, 0.3) is 5.91 Å². The number of anilines is 1. The van der Waals surface area contributed by atoms with Gasteiger partial charge in [-0.3, -0.25) is 4.79 Å². The van der Waals surface area contributed by atoms with Gasteiger partial charge in [-0.2, -0.15) is 0 Å². The lowest BCUT2D eigenvalue weighted by atomic mass is 10.1. The van der Waals surface area contributed by atoms with Crippen molar-refractivity contribution in [1.29, 1.82) is 0 Å². The zero-order chi connectivity index (χ0) is 17.2. The molecule has 0 spiro atoms. The number of hydrogen-bond donors (Lipinski definition) is 1. The van der Waals surface area contributed by atoms with Gasteiger partial charge in [0.2, 0.25) is 5.95 Å². The number of benzene rings is 1. The van der Waals surface area contributed by atoms with Crippen molar-refractivity contribution in [3.63, 3.8) is 0 Å². The average Bonchev–Trinajstić information content (AvgIpc) is 3.00. The molecule has 6 heteroatoms. The highest BCUT2D eigenvalue weighted by molar-refractivity contribution is 6.07. The van der Waals surface area contributed by atoms with E-state index in [1.165, 1.54) is 0 Å². The molecule has 1 unspecified atom stereocenters. The second kappa shape index (κ2) is 6.55. The summed E-state index contributed by atoms with van der Waals surface area (Å²) < 4.78 is 2.00. The number of rotatable bonds is 3. The van der Waals surface area contributed by atoms with Crippen LogP contribution in [-0.2, 0) is 7.05 Å². The number of piperidine rings is 1. The summed E-state index contributed by atoms with van der Waals surface area (Å²) in [4.78, 5) is 23.6. The van der Waals surface area contributed by atoms with Gasteiger partial charge in [-0.05, 0) is 25.0 Å². The largest absolute Gasteiger partial charge is 0.350 e. The van der Waals surface area contributed by atoms with Crippen LogP contribution in [0.25, 0.3) is 10.9 Å². The molecule has 6 nitrogen and oxygen atoms in total. The van der Waals surface area contributed by atoms with Crippen molar-refractivity contribution in [2.75, 3.05) is 18.0 Å². The Balaban J connectivity index is 1.50. The Bertz CT molecular complexity index is 889. The molecule has 1 amide bonds. The highest BCUT2D eigenvalue weighted by Crippen LogP contribution is 2.21. The molecule has 4 rings (SSSR count). The molecule has 0 saturated carbocycles. The maximum Gasteiger partial charge on any atom is 0.253 e. The molecule has 1 fully saturated rings. The smallest absolute Gasteiger partial charge is 0.253 e. The topological polar surface area (TPSA) is 63.1 Å². The number of amides is 1. The molecule has 2 aromatic heterocycles. The molecule has 0 aliphatic carbocycles. The van der Waals surface area contributed by atoms with Crippen LogP contribution in [-0.4, -0.2) is 39.6 Å². The number of carbonyl (C=O) groups is 1. The molecule has 0 bridgehead atoms. The van der Waals surface area contributed by atoms with E-state index in [1.54, 1.807) is 12.4 Å². The molecule has 1 aliphatic heterocycles. The van der Waals surface area contributed by atoms with Gasteiger partial charge in [0, 0.05) is 55.7 Å². The van der Waals surface area contributed by atoms with E-state index in [4.69, 9.17) is 0 Å². The Morgan fingerprint density at radius 3 is 2.84 bits per heavy atom. The van der Waals surface area contributed by atoms with E-state index < -0.39 is 0 Å². The van der Waals surface area contributed by atoms with Gasteiger partial charge in [-0.1, -0.05) is 18.2 Å². The molecule has 128 valence electrons. The van der Waals surface area contributed by atoms with Crippen LogP contribution in [0, 0.1) is 0 Å². The van der Waals surface area contributed by atoms with Crippen molar-refractivity contribution >= 4 is 22.8 Å². The molecular formula is C19H21N5O. The molecule has 1 aromatic carbocycles. The van der Waals surface area contributed by atoms with Crippen molar-refractivity contribution in [2.45, 2.75) is 18.9 Å². The summed E-state index contributed by atoms with van der Waals surface area (Å²) >= 11 is 0. The minimum atomic E-state index is -0.0161. The Hall–Kier alpha value is -2.89. The van der Waals surface area contributed by atoms with Crippen molar-refractivity contribution in [2.24, 2.45) is 7.05 Å². The van der Waals surface area contributed by atoms with Crippen LogP contribution < -0.4 is 10.2 Å². The van der Waals surface area contributed by atoms with Gasteiger partial charge < -0.3 is 14.8 Å². The fourth-order valence-electron chi connectivity index (χ4n) is 3.52. The van der Waals surface area contributed by atoms with Crippen LogP contribution in [0.2, 0.25) is 0 Å². The van der Waals surface area contributed by atoms with E-state index >= 15 is 0 Å². The molecule has 1 aliphatic rings. The molecule has 0 radical (unpaired) electrons. The summed E-state index contributed by atoms with van der Waals surface area (Å²) in [5.74, 6) is 0.712. The SMILES string of the molecule is Cn1cc(C(=O)NC2CCCN(c3ncccn3)C2)c2ccccc21. The Labute approximate surface area is 146 Å². The molecular weight excluding hydrogens is 314 g/mol.